The van der Waals surface area contributed by atoms with Gasteiger partial charge >= 0.3 is 13.6 Å². The Morgan fingerprint density at radius 1 is 1.50 bits per heavy atom. The standard InChI is InChI=1S/C8H15O5P/c1-3-8(4-2,14(10,11)12)6-5-7(9)13-6/h6H,3-5H2,1-2H3,(H2,10,11,12). The highest BCUT2D eigenvalue weighted by molar-refractivity contribution is 7.53. The zero-order valence-corrected chi connectivity index (χ0v) is 9.16. The molecule has 0 radical (unpaired) electrons. The van der Waals surface area contributed by atoms with E-state index in [-0.39, 0.29) is 12.4 Å². The first-order valence-corrected chi connectivity index (χ1v) is 6.23. The third-order valence-electron chi connectivity index (χ3n) is 3.03. The van der Waals surface area contributed by atoms with Crippen LogP contribution in [0.15, 0.2) is 0 Å². The average molecular weight is 222 g/mol. The van der Waals surface area contributed by atoms with Crippen LogP contribution in [0, 0.1) is 0 Å². The van der Waals surface area contributed by atoms with Gasteiger partial charge in [-0.05, 0) is 12.8 Å². The fourth-order valence-corrected chi connectivity index (χ4v) is 3.25. The molecule has 2 N–H and O–H groups in total. The molecule has 1 saturated heterocycles. The molecule has 82 valence electrons. The van der Waals surface area contributed by atoms with Gasteiger partial charge in [0.05, 0.1) is 6.42 Å². The molecule has 0 aliphatic carbocycles. The summed E-state index contributed by atoms with van der Waals surface area (Å²) in [5.41, 5.74) is 0. The Morgan fingerprint density at radius 2 is 1.93 bits per heavy atom. The maximum atomic E-state index is 11.4. The number of carbonyl (C=O) groups excluding carboxylic acids is 1. The van der Waals surface area contributed by atoms with Gasteiger partial charge in [0.1, 0.15) is 11.3 Å². The van der Waals surface area contributed by atoms with Crippen molar-refractivity contribution in [3.63, 3.8) is 0 Å². The molecule has 1 aliphatic heterocycles. The molecule has 14 heavy (non-hydrogen) atoms. The Hall–Kier alpha value is -0.380. The molecule has 1 heterocycles. The second kappa shape index (κ2) is 3.65. The number of rotatable bonds is 4. The summed E-state index contributed by atoms with van der Waals surface area (Å²) in [6.45, 7) is 3.41. The summed E-state index contributed by atoms with van der Waals surface area (Å²) in [5.74, 6) is -0.380. The Balaban J connectivity index is 2.92. The first-order chi connectivity index (χ1) is 6.37. The number of ether oxygens (including phenoxy) is 1. The van der Waals surface area contributed by atoms with Crippen molar-refractivity contribution in [1.29, 1.82) is 0 Å². The van der Waals surface area contributed by atoms with Crippen molar-refractivity contribution in [3.8, 4) is 0 Å². The Kier molecular flexibility index (Phi) is 3.04. The lowest BCUT2D eigenvalue weighted by molar-refractivity contribution is -0.174. The van der Waals surface area contributed by atoms with Gasteiger partial charge in [0, 0.05) is 0 Å². The van der Waals surface area contributed by atoms with Crippen molar-refractivity contribution in [2.24, 2.45) is 0 Å². The lowest BCUT2D eigenvalue weighted by atomic mass is 9.90. The van der Waals surface area contributed by atoms with Gasteiger partial charge in [-0.15, -0.1) is 0 Å². The molecule has 0 aromatic carbocycles. The van der Waals surface area contributed by atoms with Gasteiger partial charge in [0.15, 0.2) is 0 Å². The van der Waals surface area contributed by atoms with Crippen LogP contribution in [-0.2, 0) is 14.1 Å². The van der Waals surface area contributed by atoms with E-state index >= 15 is 0 Å². The molecule has 0 spiro atoms. The second-order valence-electron chi connectivity index (χ2n) is 3.54. The lowest BCUT2D eigenvalue weighted by Gasteiger charge is -2.42. The Morgan fingerprint density at radius 3 is 2.14 bits per heavy atom. The Labute approximate surface area is 82.6 Å². The summed E-state index contributed by atoms with van der Waals surface area (Å²) in [4.78, 5) is 29.2. The largest absolute Gasteiger partial charge is 0.460 e. The van der Waals surface area contributed by atoms with Crippen LogP contribution >= 0.6 is 7.60 Å². The quantitative estimate of drug-likeness (QED) is 0.548. The fourth-order valence-electron chi connectivity index (χ4n) is 1.90. The summed E-state index contributed by atoms with van der Waals surface area (Å²) >= 11 is 0. The molecule has 6 heteroatoms. The van der Waals surface area contributed by atoms with Crippen molar-refractivity contribution in [2.75, 3.05) is 0 Å². The molecule has 1 aliphatic rings. The van der Waals surface area contributed by atoms with Crippen LogP contribution in [0.3, 0.4) is 0 Å². The van der Waals surface area contributed by atoms with Crippen LogP contribution in [0.2, 0.25) is 0 Å². The first kappa shape index (κ1) is 11.7. The molecule has 5 nitrogen and oxygen atoms in total. The molecule has 0 aromatic heterocycles. The summed E-state index contributed by atoms with van der Waals surface area (Å²) in [6, 6.07) is 0. The number of esters is 1. The van der Waals surface area contributed by atoms with Gasteiger partial charge in [-0.1, -0.05) is 13.8 Å². The van der Waals surface area contributed by atoms with Crippen molar-refractivity contribution in [2.45, 2.75) is 44.4 Å². The zero-order chi connectivity index (χ0) is 11.0. The maximum absolute atomic E-state index is 11.4. The van der Waals surface area contributed by atoms with Gasteiger partial charge in [-0.25, -0.2) is 0 Å². The molecule has 1 atom stereocenters. The van der Waals surface area contributed by atoms with E-state index in [0.717, 1.165) is 0 Å². The molecule has 0 aromatic rings. The van der Waals surface area contributed by atoms with Crippen LogP contribution in [0.5, 0.6) is 0 Å². The number of cyclic esters (lactones) is 1. The molecule has 1 fully saturated rings. The second-order valence-corrected chi connectivity index (χ2v) is 5.52. The van der Waals surface area contributed by atoms with E-state index in [1.165, 1.54) is 0 Å². The van der Waals surface area contributed by atoms with E-state index in [0.29, 0.717) is 12.8 Å². The number of hydrogen-bond acceptors (Lipinski definition) is 3. The number of hydrogen-bond donors (Lipinski definition) is 2. The van der Waals surface area contributed by atoms with Gasteiger partial charge < -0.3 is 14.5 Å². The van der Waals surface area contributed by atoms with Crippen LogP contribution in [0.25, 0.3) is 0 Å². The molecule has 1 unspecified atom stereocenters. The predicted molar refractivity (Wildman–Crippen MR) is 49.9 cm³/mol. The fraction of sp³-hybridized carbons (Fsp3) is 0.875. The topological polar surface area (TPSA) is 83.8 Å². The smallest absolute Gasteiger partial charge is 0.335 e. The molecular weight excluding hydrogens is 207 g/mol. The third kappa shape index (κ3) is 1.60. The van der Waals surface area contributed by atoms with E-state index in [4.69, 9.17) is 4.74 Å². The number of carbonyl (C=O) groups is 1. The van der Waals surface area contributed by atoms with Crippen LogP contribution in [0.1, 0.15) is 33.1 Å². The third-order valence-corrected chi connectivity index (χ3v) is 5.11. The highest BCUT2D eigenvalue weighted by Gasteiger charge is 2.56. The highest BCUT2D eigenvalue weighted by Crippen LogP contribution is 2.59. The van der Waals surface area contributed by atoms with Crippen molar-refractivity contribution < 1.29 is 23.9 Å². The minimum Gasteiger partial charge on any atom is -0.460 e. The Bertz CT molecular complexity index is 269. The molecule has 0 saturated carbocycles. The first-order valence-electron chi connectivity index (χ1n) is 4.62. The summed E-state index contributed by atoms with van der Waals surface area (Å²) in [5, 5.41) is -1.18. The van der Waals surface area contributed by atoms with Gasteiger partial charge in [0.25, 0.3) is 0 Å². The SMILES string of the molecule is CCC(CC)(C1CC(=O)O1)P(=O)(O)O. The minimum absolute atomic E-state index is 0.118. The van der Waals surface area contributed by atoms with Crippen LogP contribution in [0.4, 0.5) is 0 Å². The molecule has 1 rings (SSSR count). The van der Waals surface area contributed by atoms with Crippen LogP contribution in [-0.4, -0.2) is 27.0 Å². The summed E-state index contributed by atoms with van der Waals surface area (Å²) in [7, 11) is -4.23. The van der Waals surface area contributed by atoms with E-state index in [9.17, 15) is 19.1 Å². The van der Waals surface area contributed by atoms with Crippen molar-refractivity contribution in [3.05, 3.63) is 0 Å². The summed E-state index contributed by atoms with van der Waals surface area (Å²) < 4.78 is 16.1. The lowest BCUT2D eigenvalue weighted by Crippen LogP contribution is -2.51. The van der Waals surface area contributed by atoms with Gasteiger partial charge in [-0.3, -0.25) is 9.36 Å². The van der Waals surface area contributed by atoms with E-state index in [1.807, 2.05) is 0 Å². The predicted octanol–water partition coefficient (Wildman–Crippen LogP) is 1.04. The zero-order valence-electron chi connectivity index (χ0n) is 8.27. The van der Waals surface area contributed by atoms with E-state index in [2.05, 4.69) is 0 Å². The van der Waals surface area contributed by atoms with E-state index in [1.54, 1.807) is 13.8 Å². The normalized spacial score (nSPS) is 22.9. The molecule has 0 amide bonds. The monoisotopic (exact) mass is 222 g/mol. The summed E-state index contributed by atoms with van der Waals surface area (Å²) in [6.07, 6.45) is 0.121. The molecule has 0 bridgehead atoms. The van der Waals surface area contributed by atoms with Gasteiger partial charge in [-0.2, -0.15) is 0 Å². The van der Waals surface area contributed by atoms with Crippen LogP contribution < -0.4 is 0 Å². The minimum atomic E-state index is -4.23. The van der Waals surface area contributed by atoms with Crippen molar-refractivity contribution >= 4 is 13.6 Å². The van der Waals surface area contributed by atoms with E-state index < -0.39 is 18.9 Å². The highest BCUT2D eigenvalue weighted by atomic mass is 31.2. The molecular formula is C8H15O5P. The average Bonchev–Trinajstić information content (AvgIpc) is 2.01. The van der Waals surface area contributed by atoms with Crippen molar-refractivity contribution in [1.82, 2.24) is 0 Å². The van der Waals surface area contributed by atoms with Gasteiger partial charge in [0.2, 0.25) is 0 Å². The maximum Gasteiger partial charge on any atom is 0.335 e.